The first-order valence-electron chi connectivity index (χ1n) is 10.2. The summed E-state index contributed by atoms with van der Waals surface area (Å²) in [6.07, 6.45) is 8.88. The van der Waals surface area contributed by atoms with Gasteiger partial charge in [-0.2, -0.15) is 0 Å². The van der Waals surface area contributed by atoms with E-state index >= 15 is 0 Å². The van der Waals surface area contributed by atoms with E-state index in [1.807, 2.05) is 13.8 Å². The Kier molecular flexibility index (Phi) is 7.91. The molecule has 148 valence electrons. The van der Waals surface area contributed by atoms with Crippen molar-refractivity contribution in [3.63, 3.8) is 0 Å². The molecule has 2 aliphatic carbocycles. The molecule has 2 aliphatic rings. The third kappa shape index (κ3) is 6.61. The monoisotopic (exact) mass is 366 g/mol. The number of aliphatic carboxylic acids is 1. The van der Waals surface area contributed by atoms with E-state index in [-0.39, 0.29) is 29.7 Å². The molecule has 0 saturated heterocycles. The van der Waals surface area contributed by atoms with Crippen LogP contribution in [0.25, 0.3) is 0 Å². The van der Waals surface area contributed by atoms with Gasteiger partial charge < -0.3 is 15.7 Å². The normalized spacial score (nSPS) is 25.0. The van der Waals surface area contributed by atoms with Gasteiger partial charge in [0, 0.05) is 18.4 Å². The van der Waals surface area contributed by atoms with E-state index in [0.717, 1.165) is 12.8 Å². The van der Waals surface area contributed by atoms with Crippen LogP contribution < -0.4 is 10.6 Å². The van der Waals surface area contributed by atoms with E-state index in [9.17, 15) is 19.5 Å². The molecule has 3 N–H and O–H groups in total. The fraction of sp³-hybridized carbons (Fsp3) is 0.850. The Balaban J connectivity index is 1.71. The van der Waals surface area contributed by atoms with E-state index in [1.165, 1.54) is 25.7 Å². The first kappa shape index (κ1) is 20.7. The van der Waals surface area contributed by atoms with Crippen LogP contribution in [0.15, 0.2) is 0 Å². The number of rotatable bonds is 8. The maximum Gasteiger partial charge on any atom is 0.326 e. The molecule has 0 aromatic heterocycles. The van der Waals surface area contributed by atoms with Crippen molar-refractivity contribution in [2.24, 2.45) is 17.8 Å². The maximum absolute atomic E-state index is 12.4. The minimum Gasteiger partial charge on any atom is -0.480 e. The Labute approximate surface area is 156 Å². The van der Waals surface area contributed by atoms with E-state index in [4.69, 9.17) is 0 Å². The van der Waals surface area contributed by atoms with Crippen LogP contribution >= 0.6 is 0 Å². The smallest absolute Gasteiger partial charge is 0.326 e. The van der Waals surface area contributed by atoms with Gasteiger partial charge in [-0.25, -0.2) is 4.79 Å². The van der Waals surface area contributed by atoms with Gasteiger partial charge in [-0.15, -0.1) is 0 Å². The second kappa shape index (κ2) is 9.93. The highest BCUT2D eigenvalue weighted by atomic mass is 16.4. The third-order valence-electron chi connectivity index (χ3n) is 5.73. The molecular weight excluding hydrogens is 332 g/mol. The predicted octanol–water partition coefficient (Wildman–Crippen LogP) is 2.86. The molecule has 0 aromatic carbocycles. The van der Waals surface area contributed by atoms with Crippen LogP contribution in [0.1, 0.15) is 78.1 Å². The standard InChI is InChI=1S/C20H34N2O4/c1-13(2)11-17(20(25)26)22-19(24)15-7-9-16(10-8-15)21-18(23)12-14-5-3-4-6-14/h13-17H,3-12H2,1-2H3,(H,21,23)(H,22,24)(H,25,26)/t15?,16?,17-/m0/s1. The van der Waals surface area contributed by atoms with Gasteiger partial charge >= 0.3 is 5.97 Å². The van der Waals surface area contributed by atoms with E-state index in [0.29, 0.717) is 31.6 Å². The van der Waals surface area contributed by atoms with Gasteiger partial charge in [0.05, 0.1) is 0 Å². The second-order valence-corrected chi connectivity index (χ2v) is 8.50. The lowest BCUT2D eigenvalue weighted by molar-refractivity contribution is -0.143. The Bertz CT molecular complexity index is 492. The van der Waals surface area contributed by atoms with Crippen LogP contribution in [0.5, 0.6) is 0 Å². The number of nitrogens with one attached hydrogen (secondary N) is 2. The van der Waals surface area contributed by atoms with Crippen LogP contribution in [-0.2, 0) is 14.4 Å². The Morgan fingerprint density at radius 1 is 1.00 bits per heavy atom. The molecule has 2 amide bonds. The van der Waals surface area contributed by atoms with Crippen LogP contribution in [0.2, 0.25) is 0 Å². The lowest BCUT2D eigenvalue weighted by Crippen LogP contribution is -2.46. The molecule has 26 heavy (non-hydrogen) atoms. The quantitative estimate of drug-likeness (QED) is 0.615. The Morgan fingerprint density at radius 2 is 1.62 bits per heavy atom. The summed E-state index contributed by atoms with van der Waals surface area (Å²) in [5.74, 6) is -0.374. The van der Waals surface area contributed by atoms with Gasteiger partial charge in [0.1, 0.15) is 6.04 Å². The fourth-order valence-corrected chi connectivity index (χ4v) is 4.25. The summed E-state index contributed by atoms with van der Waals surface area (Å²) in [5.41, 5.74) is 0. The van der Waals surface area contributed by atoms with Crippen LogP contribution in [-0.4, -0.2) is 35.0 Å². The number of carboxylic acid groups (broad SMARTS) is 1. The molecule has 6 heteroatoms. The van der Waals surface area contributed by atoms with Gasteiger partial charge in [0.25, 0.3) is 0 Å². The number of carbonyl (C=O) groups is 3. The van der Waals surface area contributed by atoms with Gasteiger partial charge in [0.2, 0.25) is 11.8 Å². The molecule has 1 atom stereocenters. The van der Waals surface area contributed by atoms with Crippen LogP contribution in [0, 0.1) is 17.8 Å². The average Bonchev–Trinajstić information content (AvgIpc) is 3.07. The molecule has 0 spiro atoms. The summed E-state index contributed by atoms with van der Waals surface area (Å²) >= 11 is 0. The SMILES string of the molecule is CC(C)C[C@H](NC(=O)C1CCC(NC(=O)CC2CCCC2)CC1)C(=O)O. The summed E-state index contributed by atoms with van der Waals surface area (Å²) in [5, 5.41) is 15.1. The molecule has 0 aromatic rings. The van der Waals surface area contributed by atoms with E-state index < -0.39 is 12.0 Å². The highest BCUT2D eigenvalue weighted by molar-refractivity contribution is 5.85. The molecule has 0 aliphatic heterocycles. The van der Waals surface area contributed by atoms with Crippen molar-refractivity contribution >= 4 is 17.8 Å². The van der Waals surface area contributed by atoms with E-state index in [2.05, 4.69) is 10.6 Å². The molecule has 0 heterocycles. The molecule has 2 saturated carbocycles. The molecule has 0 unspecified atom stereocenters. The van der Waals surface area contributed by atoms with Crippen molar-refractivity contribution in [3.8, 4) is 0 Å². The highest BCUT2D eigenvalue weighted by Gasteiger charge is 2.30. The minimum absolute atomic E-state index is 0.146. The molecule has 6 nitrogen and oxygen atoms in total. The first-order valence-corrected chi connectivity index (χ1v) is 10.2. The summed E-state index contributed by atoms with van der Waals surface area (Å²) in [6.45, 7) is 3.89. The Hall–Kier alpha value is -1.59. The van der Waals surface area contributed by atoms with Gasteiger partial charge in [-0.05, 0) is 56.8 Å². The van der Waals surface area contributed by atoms with E-state index in [1.54, 1.807) is 0 Å². The molecule has 2 fully saturated rings. The molecule has 0 radical (unpaired) electrons. The Morgan fingerprint density at radius 3 is 2.15 bits per heavy atom. The summed E-state index contributed by atoms with van der Waals surface area (Å²) in [7, 11) is 0. The minimum atomic E-state index is -0.972. The summed E-state index contributed by atoms with van der Waals surface area (Å²) < 4.78 is 0. The van der Waals surface area contributed by atoms with Crippen molar-refractivity contribution in [2.45, 2.75) is 90.1 Å². The predicted molar refractivity (Wildman–Crippen MR) is 99.5 cm³/mol. The third-order valence-corrected chi connectivity index (χ3v) is 5.73. The lowest BCUT2D eigenvalue weighted by Gasteiger charge is -2.29. The van der Waals surface area contributed by atoms with Gasteiger partial charge in [-0.1, -0.05) is 26.7 Å². The number of hydrogen-bond donors (Lipinski definition) is 3. The van der Waals surface area contributed by atoms with Gasteiger partial charge in [0.15, 0.2) is 0 Å². The van der Waals surface area contributed by atoms with Crippen molar-refractivity contribution in [2.75, 3.05) is 0 Å². The number of carbonyl (C=O) groups excluding carboxylic acids is 2. The molecular formula is C20H34N2O4. The van der Waals surface area contributed by atoms with Crippen molar-refractivity contribution < 1.29 is 19.5 Å². The molecule has 0 bridgehead atoms. The zero-order valence-corrected chi connectivity index (χ0v) is 16.1. The van der Waals surface area contributed by atoms with Crippen LogP contribution in [0.4, 0.5) is 0 Å². The zero-order chi connectivity index (χ0) is 19.1. The number of hydrogen-bond acceptors (Lipinski definition) is 3. The molecule has 2 rings (SSSR count). The zero-order valence-electron chi connectivity index (χ0n) is 16.1. The maximum atomic E-state index is 12.4. The van der Waals surface area contributed by atoms with Crippen molar-refractivity contribution in [1.82, 2.24) is 10.6 Å². The van der Waals surface area contributed by atoms with Gasteiger partial charge in [-0.3, -0.25) is 9.59 Å². The highest BCUT2D eigenvalue weighted by Crippen LogP contribution is 2.28. The largest absolute Gasteiger partial charge is 0.480 e. The second-order valence-electron chi connectivity index (χ2n) is 8.50. The lowest BCUT2D eigenvalue weighted by atomic mass is 9.85. The summed E-state index contributed by atoms with van der Waals surface area (Å²) in [4.78, 5) is 35.8. The van der Waals surface area contributed by atoms with Crippen molar-refractivity contribution in [1.29, 1.82) is 0 Å². The first-order chi connectivity index (χ1) is 12.3. The average molecular weight is 367 g/mol. The topological polar surface area (TPSA) is 95.5 Å². The van der Waals surface area contributed by atoms with Crippen molar-refractivity contribution in [3.05, 3.63) is 0 Å². The van der Waals surface area contributed by atoms with Crippen LogP contribution in [0.3, 0.4) is 0 Å². The summed E-state index contributed by atoms with van der Waals surface area (Å²) in [6, 6.07) is -0.662. The number of carboxylic acids is 1. The fourth-order valence-electron chi connectivity index (χ4n) is 4.25. The number of amides is 2.